The first kappa shape index (κ1) is 15.1. The summed E-state index contributed by atoms with van der Waals surface area (Å²) in [7, 11) is 0. The number of imidazole rings is 1. The van der Waals surface area contributed by atoms with E-state index < -0.39 is 6.10 Å². The first-order valence-electron chi connectivity index (χ1n) is 7.17. The van der Waals surface area contributed by atoms with Gasteiger partial charge in [-0.1, -0.05) is 25.1 Å². The first-order chi connectivity index (χ1) is 10.2. The van der Waals surface area contributed by atoms with E-state index in [2.05, 4.69) is 10.3 Å². The van der Waals surface area contributed by atoms with E-state index in [0.29, 0.717) is 18.7 Å². The third-order valence-electron chi connectivity index (χ3n) is 3.12. The lowest BCUT2D eigenvalue weighted by atomic mass is 10.2. The smallest absolute Gasteiger partial charge is 0.261 e. The van der Waals surface area contributed by atoms with Gasteiger partial charge in [0.15, 0.2) is 6.10 Å². The predicted molar refractivity (Wildman–Crippen MR) is 81.0 cm³/mol. The van der Waals surface area contributed by atoms with Gasteiger partial charge in [0, 0.05) is 25.0 Å². The zero-order valence-electron chi connectivity index (χ0n) is 12.4. The van der Waals surface area contributed by atoms with Crippen LogP contribution in [-0.4, -0.2) is 27.6 Å². The number of rotatable bonds is 7. The number of para-hydroxylation sites is 1. The number of benzene rings is 1. The lowest BCUT2D eigenvalue weighted by molar-refractivity contribution is -0.128. The summed E-state index contributed by atoms with van der Waals surface area (Å²) in [5.74, 6) is 0.621. The van der Waals surface area contributed by atoms with Crippen molar-refractivity contribution in [3.05, 3.63) is 49.1 Å². The molecule has 0 saturated heterocycles. The number of amides is 1. The van der Waals surface area contributed by atoms with Crippen molar-refractivity contribution in [2.24, 2.45) is 0 Å². The van der Waals surface area contributed by atoms with E-state index in [9.17, 15) is 4.79 Å². The molecule has 1 amide bonds. The molecule has 2 unspecified atom stereocenters. The van der Waals surface area contributed by atoms with E-state index in [0.717, 1.165) is 0 Å². The fraction of sp³-hybridized carbons (Fsp3) is 0.375. The van der Waals surface area contributed by atoms with Crippen LogP contribution in [0.2, 0.25) is 0 Å². The Balaban J connectivity index is 1.87. The molecule has 2 aromatic rings. The van der Waals surface area contributed by atoms with E-state index in [1.165, 1.54) is 0 Å². The van der Waals surface area contributed by atoms with Gasteiger partial charge >= 0.3 is 0 Å². The molecule has 1 aromatic heterocycles. The molecule has 0 bridgehead atoms. The largest absolute Gasteiger partial charge is 0.481 e. The van der Waals surface area contributed by atoms with Crippen LogP contribution >= 0.6 is 0 Å². The van der Waals surface area contributed by atoms with E-state index in [4.69, 9.17) is 4.74 Å². The highest BCUT2D eigenvalue weighted by atomic mass is 16.5. The van der Waals surface area contributed by atoms with Crippen molar-refractivity contribution in [3.8, 4) is 5.75 Å². The maximum atomic E-state index is 12.3. The maximum absolute atomic E-state index is 12.3. The van der Waals surface area contributed by atoms with Crippen molar-refractivity contribution in [2.45, 2.75) is 39.0 Å². The number of nitrogens with one attached hydrogen (secondary N) is 1. The fourth-order valence-electron chi connectivity index (χ4n) is 2.08. The lowest BCUT2D eigenvalue weighted by Crippen LogP contribution is -2.43. The normalized spacial score (nSPS) is 13.4. The molecule has 0 aliphatic heterocycles. The van der Waals surface area contributed by atoms with E-state index in [1.54, 1.807) is 12.5 Å². The molecule has 1 N–H and O–H groups in total. The standard InChI is InChI=1S/C16H21N3O2/c1-3-15(21-14-7-5-4-6-8-14)16(20)18-13(2)11-19-10-9-17-12-19/h4-10,12-13,15H,3,11H2,1-2H3,(H,18,20). The van der Waals surface area contributed by atoms with Crippen molar-refractivity contribution >= 4 is 5.91 Å². The Labute approximate surface area is 125 Å². The Hall–Kier alpha value is -2.30. The van der Waals surface area contributed by atoms with Crippen LogP contribution < -0.4 is 10.1 Å². The second-order valence-electron chi connectivity index (χ2n) is 5.00. The number of hydrogen-bond acceptors (Lipinski definition) is 3. The summed E-state index contributed by atoms with van der Waals surface area (Å²) in [4.78, 5) is 16.2. The van der Waals surface area contributed by atoms with Gasteiger partial charge in [-0.2, -0.15) is 0 Å². The number of carbonyl (C=O) groups excluding carboxylic acids is 1. The number of carbonyl (C=O) groups is 1. The lowest BCUT2D eigenvalue weighted by Gasteiger charge is -2.20. The van der Waals surface area contributed by atoms with Crippen molar-refractivity contribution in [2.75, 3.05) is 0 Å². The number of ether oxygens (including phenoxy) is 1. The van der Waals surface area contributed by atoms with Crippen LogP contribution in [0.15, 0.2) is 49.1 Å². The van der Waals surface area contributed by atoms with Gasteiger partial charge in [-0.05, 0) is 25.5 Å². The van der Waals surface area contributed by atoms with Crippen LogP contribution in [0.5, 0.6) is 5.75 Å². The van der Waals surface area contributed by atoms with E-state index in [-0.39, 0.29) is 11.9 Å². The second kappa shape index (κ2) is 7.47. The molecule has 0 radical (unpaired) electrons. The first-order valence-corrected chi connectivity index (χ1v) is 7.17. The molecule has 1 aromatic carbocycles. The van der Waals surface area contributed by atoms with Gasteiger partial charge in [-0.25, -0.2) is 4.98 Å². The molecule has 2 atom stereocenters. The highest BCUT2D eigenvalue weighted by Crippen LogP contribution is 2.12. The summed E-state index contributed by atoms with van der Waals surface area (Å²) in [5, 5.41) is 2.98. The Morgan fingerprint density at radius 1 is 1.38 bits per heavy atom. The minimum absolute atomic E-state index is 0.0140. The molecule has 0 saturated carbocycles. The van der Waals surface area contributed by atoms with E-state index >= 15 is 0 Å². The molecule has 112 valence electrons. The minimum Gasteiger partial charge on any atom is -0.481 e. The summed E-state index contributed by atoms with van der Waals surface area (Å²) in [5.41, 5.74) is 0. The van der Waals surface area contributed by atoms with Gasteiger partial charge in [0.2, 0.25) is 0 Å². The van der Waals surface area contributed by atoms with Gasteiger partial charge < -0.3 is 14.6 Å². The van der Waals surface area contributed by atoms with E-state index in [1.807, 2.05) is 54.9 Å². The molecule has 0 aliphatic carbocycles. The van der Waals surface area contributed by atoms with Crippen molar-refractivity contribution in [1.29, 1.82) is 0 Å². The number of aromatic nitrogens is 2. The van der Waals surface area contributed by atoms with Crippen molar-refractivity contribution in [3.63, 3.8) is 0 Å². The molecular weight excluding hydrogens is 266 g/mol. The van der Waals surface area contributed by atoms with Crippen molar-refractivity contribution in [1.82, 2.24) is 14.9 Å². The summed E-state index contributed by atoms with van der Waals surface area (Å²) in [6.45, 7) is 4.59. The van der Waals surface area contributed by atoms with Crippen LogP contribution in [0.4, 0.5) is 0 Å². The molecule has 21 heavy (non-hydrogen) atoms. The van der Waals surface area contributed by atoms with Crippen molar-refractivity contribution < 1.29 is 9.53 Å². The summed E-state index contributed by atoms with van der Waals surface area (Å²) in [6, 6.07) is 9.42. The van der Waals surface area contributed by atoms with Gasteiger partial charge in [0.25, 0.3) is 5.91 Å². The van der Waals surface area contributed by atoms with Crippen LogP contribution in [0, 0.1) is 0 Å². The number of nitrogens with zero attached hydrogens (tertiary/aromatic N) is 2. The highest BCUT2D eigenvalue weighted by Gasteiger charge is 2.20. The van der Waals surface area contributed by atoms with Gasteiger partial charge in [-0.15, -0.1) is 0 Å². The summed E-state index contributed by atoms with van der Waals surface area (Å²) >= 11 is 0. The molecule has 5 nitrogen and oxygen atoms in total. The Morgan fingerprint density at radius 2 is 2.14 bits per heavy atom. The summed E-state index contributed by atoms with van der Waals surface area (Å²) in [6.07, 6.45) is 5.49. The van der Waals surface area contributed by atoms with Crippen LogP contribution in [0.1, 0.15) is 20.3 Å². The van der Waals surface area contributed by atoms with Crippen LogP contribution in [0.25, 0.3) is 0 Å². The third kappa shape index (κ3) is 4.63. The molecule has 2 rings (SSSR count). The maximum Gasteiger partial charge on any atom is 0.261 e. The number of hydrogen-bond donors (Lipinski definition) is 1. The predicted octanol–water partition coefficient (Wildman–Crippen LogP) is 2.25. The Bertz CT molecular complexity index is 540. The Kier molecular flexibility index (Phi) is 5.37. The highest BCUT2D eigenvalue weighted by molar-refractivity contribution is 5.81. The SMILES string of the molecule is CCC(Oc1ccccc1)C(=O)NC(C)Cn1ccnc1. The molecular formula is C16H21N3O2. The zero-order valence-corrected chi connectivity index (χ0v) is 12.4. The average molecular weight is 287 g/mol. The van der Waals surface area contributed by atoms with Gasteiger partial charge in [-0.3, -0.25) is 4.79 Å². The third-order valence-corrected chi connectivity index (χ3v) is 3.12. The van der Waals surface area contributed by atoms with Gasteiger partial charge in [0.05, 0.1) is 6.33 Å². The monoisotopic (exact) mass is 287 g/mol. The molecule has 0 spiro atoms. The quantitative estimate of drug-likeness (QED) is 0.849. The zero-order chi connectivity index (χ0) is 15.1. The average Bonchev–Trinajstić information content (AvgIpc) is 2.98. The minimum atomic E-state index is -0.474. The Morgan fingerprint density at radius 3 is 2.76 bits per heavy atom. The molecule has 0 fully saturated rings. The molecule has 5 heteroatoms. The molecule has 1 heterocycles. The van der Waals surface area contributed by atoms with Crippen LogP contribution in [0.3, 0.4) is 0 Å². The fourth-order valence-corrected chi connectivity index (χ4v) is 2.08. The summed E-state index contributed by atoms with van der Waals surface area (Å²) < 4.78 is 7.66. The topological polar surface area (TPSA) is 56.1 Å². The second-order valence-corrected chi connectivity index (χ2v) is 5.00. The van der Waals surface area contributed by atoms with Crippen LogP contribution in [-0.2, 0) is 11.3 Å². The van der Waals surface area contributed by atoms with Gasteiger partial charge in [0.1, 0.15) is 5.75 Å². The molecule has 0 aliphatic rings.